The molecule has 3 aromatic rings. The normalized spacial score (nSPS) is 13.1. The quantitative estimate of drug-likeness (QED) is 0.484. The van der Waals surface area contributed by atoms with Gasteiger partial charge in [-0.1, -0.05) is 24.3 Å². The summed E-state index contributed by atoms with van der Waals surface area (Å²) in [6.07, 6.45) is -0.247. The number of halogens is 2. The Morgan fingerprint density at radius 2 is 1.73 bits per heavy atom. The number of nitrogens with one attached hydrogen (secondary N) is 2. The van der Waals surface area contributed by atoms with Crippen LogP contribution in [0.5, 0.6) is 11.5 Å². The highest BCUT2D eigenvalue weighted by molar-refractivity contribution is 7.90. The van der Waals surface area contributed by atoms with E-state index in [1.807, 2.05) is 4.72 Å². The maximum absolute atomic E-state index is 13.8. The number of hydrogen-bond donors (Lipinski definition) is 2. The van der Waals surface area contributed by atoms with Gasteiger partial charge in [0, 0.05) is 25.2 Å². The summed E-state index contributed by atoms with van der Waals surface area (Å²) in [7, 11) is -2.81. The number of amides is 3. The molecule has 3 aromatic carbocycles. The third-order valence-electron chi connectivity index (χ3n) is 5.71. The van der Waals surface area contributed by atoms with Crippen molar-refractivity contribution in [3.8, 4) is 11.5 Å². The zero-order valence-electron chi connectivity index (χ0n) is 19.8. The number of hydrogen-bond acceptors (Lipinski definition) is 6. The fourth-order valence-electron chi connectivity index (χ4n) is 3.78. The summed E-state index contributed by atoms with van der Waals surface area (Å²) in [5, 5.41) is 2.36. The summed E-state index contributed by atoms with van der Waals surface area (Å²) in [5.74, 6) is -1.92. The first kappa shape index (κ1) is 25.9. The van der Waals surface area contributed by atoms with E-state index >= 15 is 0 Å². The zero-order valence-corrected chi connectivity index (χ0v) is 20.6. The first-order valence-corrected chi connectivity index (χ1v) is 12.5. The number of rotatable bonds is 7. The van der Waals surface area contributed by atoms with Crippen molar-refractivity contribution in [3.63, 3.8) is 0 Å². The van der Waals surface area contributed by atoms with Crippen LogP contribution in [0.3, 0.4) is 0 Å². The molecule has 9 nitrogen and oxygen atoms in total. The number of carbonyl (C=O) groups excluding carboxylic acids is 2. The fraction of sp³-hybridized carbons (Fsp3) is 0.200. The van der Waals surface area contributed by atoms with Gasteiger partial charge in [0.15, 0.2) is 23.1 Å². The van der Waals surface area contributed by atoms with Gasteiger partial charge >= 0.3 is 6.03 Å². The average Bonchev–Trinajstić information content (AvgIpc) is 3.33. The van der Waals surface area contributed by atoms with E-state index in [9.17, 15) is 26.8 Å². The van der Waals surface area contributed by atoms with Crippen LogP contribution in [0.1, 0.15) is 11.1 Å². The van der Waals surface area contributed by atoms with Crippen LogP contribution in [0.4, 0.5) is 19.3 Å². The molecule has 1 heterocycles. The Morgan fingerprint density at radius 1 is 1.00 bits per heavy atom. The largest absolute Gasteiger partial charge is 0.454 e. The summed E-state index contributed by atoms with van der Waals surface area (Å²) in [6, 6.07) is 11.4. The Bertz CT molecular complexity index is 1460. The van der Waals surface area contributed by atoms with E-state index in [0.717, 1.165) is 12.1 Å². The first-order chi connectivity index (χ1) is 17.5. The van der Waals surface area contributed by atoms with Crippen LogP contribution in [0.2, 0.25) is 0 Å². The van der Waals surface area contributed by atoms with E-state index < -0.39 is 39.6 Å². The van der Waals surface area contributed by atoms with Crippen LogP contribution in [0.25, 0.3) is 0 Å². The number of fused-ring (bicyclic) bond motifs is 1. The number of aryl methyl sites for hydroxylation is 1. The van der Waals surface area contributed by atoms with Crippen molar-refractivity contribution in [3.05, 3.63) is 83.4 Å². The van der Waals surface area contributed by atoms with Gasteiger partial charge in [0.2, 0.25) is 12.7 Å². The molecule has 3 amide bonds. The maximum Gasteiger partial charge on any atom is 0.329 e. The van der Waals surface area contributed by atoms with E-state index in [1.165, 1.54) is 30.1 Å². The lowest BCUT2D eigenvalue weighted by Gasteiger charge is -2.25. The highest BCUT2D eigenvalue weighted by Gasteiger charge is 2.29. The Morgan fingerprint density at radius 3 is 2.46 bits per heavy atom. The molecule has 0 spiro atoms. The fourth-order valence-corrected chi connectivity index (χ4v) is 4.94. The lowest BCUT2D eigenvalue weighted by atomic mass is 10.0. The number of nitrogens with zero attached hydrogens (tertiary/aromatic N) is 1. The lowest BCUT2D eigenvalue weighted by molar-refractivity contribution is -0.120. The van der Waals surface area contributed by atoms with E-state index in [-0.39, 0.29) is 23.7 Å². The molecule has 1 aliphatic rings. The van der Waals surface area contributed by atoms with Crippen LogP contribution in [0, 0.1) is 18.6 Å². The first-order valence-electron chi connectivity index (χ1n) is 11.1. The number of anilines is 1. The summed E-state index contributed by atoms with van der Waals surface area (Å²) >= 11 is 0. The Hall–Kier alpha value is -4.19. The van der Waals surface area contributed by atoms with Crippen molar-refractivity contribution in [2.75, 3.05) is 18.7 Å². The predicted octanol–water partition coefficient (Wildman–Crippen LogP) is 3.26. The van der Waals surface area contributed by atoms with E-state index in [1.54, 1.807) is 37.3 Å². The smallest absolute Gasteiger partial charge is 0.329 e. The molecule has 1 aliphatic heterocycles. The Balaban J connectivity index is 1.58. The van der Waals surface area contributed by atoms with Gasteiger partial charge < -0.3 is 19.7 Å². The number of urea groups is 1. The molecule has 2 N–H and O–H groups in total. The molecule has 0 bridgehead atoms. The van der Waals surface area contributed by atoms with Gasteiger partial charge in [0.25, 0.3) is 10.0 Å². The zero-order chi connectivity index (χ0) is 26.7. The molecular formula is C25H23F2N3O6S. The number of benzene rings is 3. The Kier molecular flexibility index (Phi) is 7.30. The maximum atomic E-state index is 13.8. The average molecular weight is 532 g/mol. The Labute approximate surface area is 212 Å². The minimum Gasteiger partial charge on any atom is -0.454 e. The molecule has 0 saturated heterocycles. The van der Waals surface area contributed by atoms with Gasteiger partial charge in [-0.15, -0.1) is 0 Å². The topological polar surface area (TPSA) is 114 Å². The van der Waals surface area contributed by atoms with E-state index in [2.05, 4.69) is 5.32 Å². The second-order valence-electron chi connectivity index (χ2n) is 8.28. The third kappa shape index (κ3) is 5.80. The summed E-state index contributed by atoms with van der Waals surface area (Å²) in [5.41, 5.74) is 1.03. The van der Waals surface area contributed by atoms with Crippen molar-refractivity contribution in [1.29, 1.82) is 0 Å². The van der Waals surface area contributed by atoms with Crippen molar-refractivity contribution in [2.45, 2.75) is 24.3 Å². The monoisotopic (exact) mass is 531 g/mol. The van der Waals surface area contributed by atoms with Gasteiger partial charge in [0.1, 0.15) is 6.04 Å². The van der Waals surface area contributed by atoms with Crippen LogP contribution in [-0.2, 0) is 21.2 Å². The molecule has 0 aliphatic carbocycles. The third-order valence-corrected chi connectivity index (χ3v) is 7.20. The number of likely N-dealkylation sites (N-methyl/N-ethyl adjacent to an activating group) is 1. The van der Waals surface area contributed by atoms with Crippen molar-refractivity contribution in [2.24, 2.45) is 0 Å². The highest BCUT2D eigenvalue weighted by atomic mass is 32.2. The SMILES string of the molecule is Cc1ccccc1S(=O)(=O)NC(=O)N[C@@H](Cc1ccc(F)c(F)c1)C(=O)N(C)c1ccc2c(c1)OCO2. The molecule has 0 radical (unpaired) electrons. The minimum absolute atomic E-state index is 0.0340. The van der Waals surface area contributed by atoms with Crippen LogP contribution in [-0.4, -0.2) is 40.2 Å². The second kappa shape index (κ2) is 10.4. The molecule has 12 heteroatoms. The standard InChI is InChI=1S/C25H23F2N3O6S/c1-15-5-3-4-6-23(15)37(33,34)29-25(32)28-20(12-16-7-9-18(26)19(27)11-16)24(31)30(2)17-8-10-21-22(13-17)36-14-35-21/h3-11,13,20H,12,14H2,1-2H3,(H2,28,29,32)/t20-/m0/s1. The van der Waals surface area contributed by atoms with Gasteiger partial charge in [-0.05, 0) is 48.4 Å². The van der Waals surface area contributed by atoms with E-state index in [0.29, 0.717) is 22.7 Å². The van der Waals surface area contributed by atoms with Crippen LogP contribution in [0.15, 0.2) is 65.6 Å². The highest BCUT2D eigenvalue weighted by Crippen LogP contribution is 2.35. The molecule has 0 aromatic heterocycles. The van der Waals surface area contributed by atoms with Gasteiger partial charge in [-0.3, -0.25) is 4.79 Å². The number of carbonyl (C=O) groups is 2. The molecule has 1 atom stereocenters. The minimum atomic E-state index is -4.25. The van der Waals surface area contributed by atoms with Gasteiger partial charge in [-0.2, -0.15) is 0 Å². The van der Waals surface area contributed by atoms with Crippen molar-refractivity contribution in [1.82, 2.24) is 10.0 Å². The summed E-state index contributed by atoms with van der Waals surface area (Å²) in [6.45, 7) is 1.61. The molecule has 4 rings (SSSR count). The lowest BCUT2D eigenvalue weighted by Crippen LogP contribution is -2.52. The van der Waals surface area contributed by atoms with Gasteiger partial charge in [0.05, 0.1) is 4.90 Å². The number of sulfonamides is 1. The molecular weight excluding hydrogens is 508 g/mol. The van der Waals surface area contributed by atoms with Crippen molar-refractivity contribution >= 4 is 27.6 Å². The molecule has 0 saturated carbocycles. The van der Waals surface area contributed by atoms with Gasteiger partial charge in [-0.25, -0.2) is 26.7 Å². The van der Waals surface area contributed by atoms with E-state index in [4.69, 9.17) is 9.47 Å². The number of ether oxygens (including phenoxy) is 2. The summed E-state index contributed by atoms with van der Waals surface area (Å²) < 4.78 is 65.2. The molecule has 37 heavy (non-hydrogen) atoms. The predicted molar refractivity (Wildman–Crippen MR) is 130 cm³/mol. The second-order valence-corrected chi connectivity index (χ2v) is 9.94. The summed E-state index contributed by atoms with van der Waals surface area (Å²) in [4.78, 5) is 27.3. The molecule has 0 fully saturated rings. The van der Waals surface area contributed by atoms with Crippen LogP contribution < -0.4 is 24.4 Å². The molecule has 194 valence electrons. The van der Waals surface area contributed by atoms with Crippen LogP contribution >= 0.6 is 0 Å². The molecule has 0 unspecified atom stereocenters. The van der Waals surface area contributed by atoms with Crippen molar-refractivity contribution < 1.29 is 36.3 Å².